The lowest BCUT2D eigenvalue weighted by Crippen LogP contribution is -2.18. The molecule has 10 nitrogen and oxygen atoms in total. The molecular formula is C23H24N6O4. The fourth-order valence-corrected chi connectivity index (χ4v) is 3.67. The molecule has 170 valence electrons. The Balaban J connectivity index is 1.64. The Kier molecular flexibility index (Phi) is 6.34. The third-order valence-electron chi connectivity index (χ3n) is 5.34. The Morgan fingerprint density at radius 2 is 1.91 bits per heavy atom. The summed E-state index contributed by atoms with van der Waals surface area (Å²) in [6.07, 6.45) is 2.80. The molecule has 2 aromatic carbocycles. The molecule has 10 heteroatoms. The van der Waals surface area contributed by atoms with Crippen molar-refractivity contribution in [3.63, 3.8) is 0 Å². The average Bonchev–Trinajstić information content (AvgIpc) is 3.35. The zero-order valence-electron chi connectivity index (χ0n) is 18.2. The fourth-order valence-electron chi connectivity index (χ4n) is 3.67. The maximum absolute atomic E-state index is 12.1. The molecule has 1 aliphatic rings. The predicted molar refractivity (Wildman–Crippen MR) is 124 cm³/mol. The number of anilines is 3. The van der Waals surface area contributed by atoms with Gasteiger partial charge in [-0.2, -0.15) is 4.98 Å². The van der Waals surface area contributed by atoms with Gasteiger partial charge in [-0.15, -0.1) is 0 Å². The number of hydrogen-bond acceptors (Lipinski definition) is 8. The Morgan fingerprint density at radius 1 is 1.18 bits per heavy atom. The van der Waals surface area contributed by atoms with Crippen molar-refractivity contribution in [3.8, 4) is 11.6 Å². The Hall–Kier alpha value is -4.21. The van der Waals surface area contributed by atoms with E-state index in [0.29, 0.717) is 17.8 Å². The lowest BCUT2D eigenvalue weighted by Gasteiger charge is -2.18. The van der Waals surface area contributed by atoms with E-state index in [1.165, 1.54) is 31.0 Å². The van der Waals surface area contributed by atoms with E-state index in [1.807, 2.05) is 31.2 Å². The summed E-state index contributed by atoms with van der Waals surface area (Å²) >= 11 is 0. The van der Waals surface area contributed by atoms with Gasteiger partial charge >= 0.3 is 0 Å². The first kappa shape index (κ1) is 22.0. The molecule has 33 heavy (non-hydrogen) atoms. The van der Waals surface area contributed by atoms with Crippen LogP contribution in [0.25, 0.3) is 0 Å². The quantitative estimate of drug-likeness (QED) is 0.387. The molecule has 0 radical (unpaired) electrons. The predicted octanol–water partition coefficient (Wildman–Crippen LogP) is 4.18. The molecule has 1 aliphatic heterocycles. The van der Waals surface area contributed by atoms with Gasteiger partial charge in [-0.05, 0) is 49.6 Å². The van der Waals surface area contributed by atoms with Crippen LogP contribution in [0.15, 0.2) is 48.5 Å². The van der Waals surface area contributed by atoms with Crippen LogP contribution in [0.1, 0.15) is 35.9 Å². The number of carbonyl (C=O) groups excluding carboxylic acids is 1. The summed E-state index contributed by atoms with van der Waals surface area (Å²) < 4.78 is 5.81. The number of aromatic nitrogens is 2. The van der Waals surface area contributed by atoms with Crippen molar-refractivity contribution in [2.45, 2.75) is 26.2 Å². The zero-order chi connectivity index (χ0) is 23.4. The third kappa shape index (κ3) is 5.00. The minimum absolute atomic E-state index is 0.0122. The molecule has 4 rings (SSSR count). The highest BCUT2D eigenvalue weighted by molar-refractivity contribution is 5.96. The van der Waals surface area contributed by atoms with E-state index in [2.05, 4.69) is 20.2 Å². The van der Waals surface area contributed by atoms with Crippen LogP contribution in [0.4, 0.5) is 22.9 Å². The van der Waals surface area contributed by atoms with E-state index in [4.69, 9.17) is 10.5 Å². The molecule has 0 atom stereocenters. The van der Waals surface area contributed by atoms with Gasteiger partial charge < -0.3 is 20.7 Å². The normalized spacial score (nSPS) is 13.1. The Labute approximate surface area is 190 Å². The molecule has 1 fully saturated rings. The van der Waals surface area contributed by atoms with Gasteiger partial charge in [0.2, 0.25) is 5.88 Å². The summed E-state index contributed by atoms with van der Waals surface area (Å²) in [7, 11) is 0. The van der Waals surface area contributed by atoms with Gasteiger partial charge in [0.15, 0.2) is 11.5 Å². The number of amides is 1. The number of carbonyl (C=O) groups is 1. The molecule has 3 N–H and O–H groups in total. The summed E-state index contributed by atoms with van der Waals surface area (Å²) in [4.78, 5) is 33.7. The summed E-state index contributed by atoms with van der Waals surface area (Å²) in [6, 6.07) is 13.6. The fraction of sp³-hybridized carbons (Fsp3) is 0.261. The van der Waals surface area contributed by atoms with Crippen LogP contribution in [0.3, 0.4) is 0 Å². The van der Waals surface area contributed by atoms with Crippen molar-refractivity contribution in [1.82, 2.24) is 9.97 Å². The van der Waals surface area contributed by atoms with E-state index in [9.17, 15) is 14.9 Å². The van der Waals surface area contributed by atoms with Crippen LogP contribution in [0, 0.1) is 10.1 Å². The Bertz CT molecular complexity index is 1180. The molecular weight excluding hydrogens is 424 g/mol. The highest BCUT2D eigenvalue weighted by Crippen LogP contribution is 2.30. The van der Waals surface area contributed by atoms with Gasteiger partial charge in [0.05, 0.1) is 11.0 Å². The van der Waals surface area contributed by atoms with Gasteiger partial charge in [0.1, 0.15) is 11.4 Å². The summed E-state index contributed by atoms with van der Waals surface area (Å²) in [5.41, 5.74) is 7.68. The topological polar surface area (TPSA) is 137 Å². The van der Waals surface area contributed by atoms with Crippen molar-refractivity contribution in [2.24, 2.45) is 5.73 Å². The largest absolute Gasteiger partial charge is 0.437 e. The van der Waals surface area contributed by atoms with Crippen molar-refractivity contribution < 1.29 is 14.5 Å². The molecule has 0 spiro atoms. The SMILES string of the molecule is CCc1nc(C(N)=O)c(Nc2ccc(N3CCCC3)cc2)nc1Oc1cccc([N+](=O)[O-])c1. The average molecular weight is 448 g/mol. The van der Waals surface area contributed by atoms with Gasteiger partial charge in [-0.3, -0.25) is 14.9 Å². The first-order chi connectivity index (χ1) is 15.9. The van der Waals surface area contributed by atoms with Gasteiger partial charge in [-0.25, -0.2) is 4.98 Å². The molecule has 0 saturated carbocycles. The Morgan fingerprint density at radius 3 is 2.55 bits per heavy atom. The van der Waals surface area contributed by atoms with Gasteiger partial charge in [-0.1, -0.05) is 13.0 Å². The van der Waals surface area contributed by atoms with E-state index >= 15 is 0 Å². The van der Waals surface area contributed by atoms with Crippen LogP contribution in [0.5, 0.6) is 11.6 Å². The summed E-state index contributed by atoms with van der Waals surface area (Å²) in [5, 5.41) is 14.2. The highest BCUT2D eigenvalue weighted by Gasteiger charge is 2.20. The first-order valence-electron chi connectivity index (χ1n) is 10.7. The minimum Gasteiger partial charge on any atom is -0.437 e. The first-order valence-corrected chi connectivity index (χ1v) is 10.7. The lowest BCUT2D eigenvalue weighted by molar-refractivity contribution is -0.384. The van der Waals surface area contributed by atoms with Crippen LogP contribution < -0.4 is 20.7 Å². The zero-order valence-corrected chi connectivity index (χ0v) is 18.2. The number of primary amides is 1. The van der Waals surface area contributed by atoms with E-state index in [0.717, 1.165) is 18.8 Å². The van der Waals surface area contributed by atoms with Crippen LogP contribution >= 0.6 is 0 Å². The van der Waals surface area contributed by atoms with E-state index in [1.54, 1.807) is 6.07 Å². The second-order valence-corrected chi connectivity index (χ2v) is 7.61. The van der Waals surface area contributed by atoms with Crippen LogP contribution in [-0.4, -0.2) is 33.9 Å². The number of ether oxygens (including phenoxy) is 1. The number of aryl methyl sites for hydroxylation is 1. The third-order valence-corrected chi connectivity index (χ3v) is 5.34. The van der Waals surface area contributed by atoms with Crippen LogP contribution in [0.2, 0.25) is 0 Å². The molecule has 0 aliphatic carbocycles. The number of non-ortho nitro benzene ring substituents is 1. The monoisotopic (exact) mass is 448 g/mol. The number of benzene rings is 2. The van der Waals surface area contributed by atoms with Crippen LogP contribution in [-0.2, 0) is 6.42 Å². The van der Waals surface area contributed by atoms with Crippen molar-refractivity contribution in [3.05, 3.63) is 70.0 Å². The standard InChI is InChI=1S/C23H24N6O4/c1-2-19-23(33-18-7-5-6-17(14-18)29(31)32)27-22(20(26-19)21(24)30)25-15-8-10-16(11-9-15)28-12-3-4-13-28/h5-11,14H,2-4,12-13H2,1H3,(H2,24,30)(H,25,27). The number of nitro groups is 1. The van der Waals surface area contributed by atoms with Gasteiger partial charge in [0.25, 0.3) is 11.6 Å². The molecule has 2 heterocycles. The molecule has 1 aromatic heterocycles. The highest BCUT2D eigenvalue weighted by atomic mass is 16.6. The summed E-state index contributed by atoms with van der Waals surface area (Å²) in [6.45, 7) is 3.92. The molecule has 0 unspecified atom stereocenters. The maximum atomic E-state index is 12.1. The molecule has 3 aromatic rings. The summed E-state index contributed by atoms with van der Waals surface area (Å²) in [5.74, 6) is -0.204. The smallest absolute Gasteiger partial charge is 0.273 e. The molecule has 0 bridgehead atoms. The number of nitrogens with zero attached hydrogens (tertiary/aromatic N) is 4. The maximum Gasteiger partial charge on any atom is 0.273 e. The van der Waals surface area contributed by atoms with E-state index in [-0.39, 0.29) is 28.8 Å². The number of rotatable bonds is 8. The minimum atomic E-state index is -0.727. The number of nitro benzene ring substituents is 1. The lowest BCUT2D eigenvalue weighted by atomic mass is 10.2. The molecule has 1 saturated heterocycles. The second-order valence-electron chi connectivity index (χ2n) is 7.61. The van der Waals surface area contributed by atoms with Crippen molar-refractivity contribution in [1.29, 1.82) is 0 Å². The molecule has 1 amide bonds. The van der Waals surface area contributed by atoms with Gasteiger partial charge in [0, 0.05) is 30.5 Å². The number of nitrogens with two attached hydrogens (primary N) is 1. The second kappa shape index (κ2) is 9.51. The number of hydrogen-bond donors (Lipinski definition) is 2. The number of nitrogens with one attached hydrogen (secondary N) is 1. The van der Waals surface area contributed by atoms with Crippen molar-refractivity contribution in [2.75, 3.05) is 23.3 Å². The van der Waals surface area contributed by atoms with E-state index < -0.39 is 10.8 Å². The van der Waals surface area contributed by atoms with Crippen molar-refractivity contribution >= 4 is 28.8 Å².